The van der Waals surface area contributed by atoms with Crippen LogP contribution >= 0.6 is 0 Å². The van der Waals surface area contributed by atoms with E-state index in [-0.39, 0.29) is 24.2 Å². The minimum absolute atomic E-state index is 0.0439. The third-order valence-electron chi connectivity index (χ3n) is 6.10. The summed E-state index contributed by atoms with van der Waals surface area (Å²) in [4.78, 5) is 17.3. The Morgan fingerprint density at radius 3 is 2.67 bits per heavy atom. The number of anilines is 1. The molecule has 1 unspecified atom stereocenters. The molecule has 4 rings (SSSR count). The van der Waals surface area contributed by atoms with Gasteiger partial charge in [-0.15, -0.1) is 0 Å². The van der Waals surface area contributed by atoms with Crippen LogP contribution in [-0.2, 0) is 22.4 Å². The maximum atomic E-state index is 13.1. The fraction of sp³-hybridized carbons (Fsp3) is 0.458. The molecule has 0 saturated carbocycles. The van der Waals surface area contributed by atoms with Crippen molar-refractivity contribution in [3.8, 4) is 0 Å². The number of hydrogen-bond donors (Lipinski definition) is 1. The van der Waals surface area contributed by atoms with Gasteiger partial charge in [-0.1, -0.05) is 24.3 Å². The molecule has 2 aromatic carbocycles. The summed E-state index contributed by atoms with van der Waals surface area (Å²) in [6.45, 7) is 4.79. The van der Waals surface area contributed by atoms with Crippen LogP contribution in [0.1, 0.15) is 29.2 Å². The van der Waals surface area contributed by atoms with Crippen LogP contribution < -0.4 is 10.2 Å². The number of fused-ring (bicyclic) bond motifs is 1. The normalized spacial score (nSPS) is 18.0. The van der Waals surface area contributed by atoms with Crippen molar-refractivity contribution >= 4 is 11.6 Å². The van der Waals surface area contributed by atoms with E-state index in [9.17, 15) is 9.18 Å². The standard InChI is InChI=1S/C24H30FN3O2/c1-27-10-2-3-19-16-20(6-9-22(19)27)23(28-11-13-30-14-12-28)17-26-24(29)15-18-4-7-21(25)8-5-18/h4-9,16,23H,2-3,10-15,17H2,1H3,(H,26,29). The maximum absolute atomic E-state index is 13.1. The van der Waals surface area contributed by atoms with Gasteiger partial charge in [-0.3, -0.25) is 9.69 Å². The largest absolute Gasteiger partial charge is 0.379 e. The van der Waals surface area contributed by atoms with E-state index >= 15 is 0 Å². The number of hydrogen-bond acceptors (Lipinski definition) is 4. The molecule has 0 radical (unpaired) electrons. The van der Waals surface area contributed by atoms with Crippen molar-refractivity contribution in [1.29, 1.82) is 0 Å². The topological polar surface area (TPSA) is 44.8 Å². The highest BCUT2D eigenvalue weighted by Gasteiger charge is 2.25. The molecule has 0 bridgehead atoms. The number of nitrogens with zero attached hydrogens (tertiary/aromatic N) is 2. The summed E-state index contributed by atoms with van der Waals surface area (Å²) in [5, 5.41) is 3.10. The average molecular weight is 412 g/mol. The highest BCUT2D eigenvalue weighted by Crippen LogP contribution is 2.30. The molecule has 6 heteroatoms. The highest BCUT2D eigenvalue weighted by molar-refractivity contribution is 5.78. The molecular formula is C24H30FN3O2. The molecule has 0 aliphatic carbocycles. The van der Waals surface area contributed by atoms with Gasteiger partial charge < -0.3 is 15.0 Å². The van der Waals surface area contributed by atoms with Crippen LogP contribution in [0.5, 0.6) is 0 Å². The Kier molecular flexibility index (Phi) is 6.65. The number of nitrogens with one attached hydrogen (secondary N) is 1. The van der Waals surface area contributed by atoms with Crippen molar-refractivity contribution in [3.63, 3.8) is 0 Å². The van der Waals surface area contributed by atoms with Crippen LogP contribution in [0.3, 0.4) is 0 Å². The summed E-state index contributed by atoms with van der Waals surface area (Å²) in [5.41, 5.74) is 4.75. The van der Waals surface area contributed by atoms with Gasteiger partial charge in [0.1, 0.15) is 5.82 Å². The van der Waals surface area contributed by atoms with Gasteiger partial charge in [0.15, 0.2) is 0 Å². The molecule has 2 aromatic rings. The Morgan fingerprint density at radius 2 is 1.90 bits per heavy atom. The van der Waals surface area contributed by atoms with E-state index in [1.165, 1.54) is 35.4 Å². The third-order valence-corrected chi connectivity index (χ3v) is 6.10. The number of benzene rings is 2. The van der Waals surface area contributed by atoms with Gasteiger partial charge in [-0.2, -0.15) is 0 Å². The quantitative estimate of drug-likeness (QED) is 0.794. The van der Waals surface area contributed by atoms with E-state index in [0.717, 1.165) is 31.6 Å². The molecule has 2 aliphatic heterocycles. The lowest BCUT2D eigenvalue weighted by Gasteiger charge is -2.36. The Hall–Kier alpha value is -2.44. The molecule has 2 aliphatic rings. The van der Waals surface area contributed by atoms with E-state index in [1.807, 2.05) is 0 Å². The molecule has 1 N–H and O–H groups in total. The molecule has 1 atom stereocenters. The predicted octanol–water partition coefficient (Wildman–Crippen LogP) is 2.94. The number of aryl methyl sites for hydroxylation is 1. The minimum Gasteiger partial charge on any atom is -0.379 e. The molecule has 1 saturated heterocycles. The van der Waals surface area contributed by atoms with Crippen molar-refractivity contribution in [1.82, 2.24) is 10.2 Å². The molecule has 5 nitrogen and oxygen atoms in total. The second-order valence-corrected chi connectivity index (χ2v) is 8.18. The van der Waals surface area contributed by atoms with Gasteiger partial charge in [-0.05, 0) is 47.7 Å². The first-order chi connectivity index (χ1) is 14.6. The monoisotopic (exact) mass is 411 g/mol. The zero-order valence-corrected chi connectivity index (χ0v) is 17.6. The number of halogens is 1. The molecule has 1 fully saturated rings. The van der Waals surface area contributed by atoms with Crippen LogP contribution in [0.4, 0.5) is 10.1 Å². The summed E-state index contributed by atoms with van der Waals surface area (Å²) < 4.78 is 18.6. The first-order valence-electron chi connectivity index (χ1n) is 10.8. The van der Waals surface area contributed by atoms with Crippen molar-refractivity contribution in [3.05, 3.63) is 65.0 Å². The fourth-order valence-electron chi connectivity index (χ4n) is 4.42. The van der Waals surface area contributed by atoms with Crippen LogP contribution in [0.15, 0.2) is 42.5 Å². The highest BCUT2D eigenvalue weighted by atomic mass is 19.1. The summed E-state index contributed by atoms with van der Waals surface area (Å²) in [5.74, 6) is -0.331. The number of rotatable bonds is 6. The molecule has 2 heterocycles. The average Bonchev–Trinajstić information content (AvgIpc) is 2.76. The molecular weight excluding hydrogens is 381 g/mol. The van der Waals surface area contributed by atoms with E-state index in [0.29, 0.717) is 19.8 Å². The molecule has 1 amide bonds. The third kappa shape index (κ3) is 4.99. The number of morpholine rings is 1. The summed E-state index contributed by atoms with van der Waals surface area (Å²) in [6, 6.07) is 13.0. The van der Waals surface area contributed by atoms with E-state index in [4.69, 9.17) is 4.74 Å². The van der Waals surface area contributed by atoms with Crippen LogP contribution in [0, 0.1) is 5.82 Å². The molecule has 0 aromatic heterocycles. The lowest BCUT2D eigenvalue weighted by atomic mass is 9.95. The second kappa shape index (κ2) is 9.58. The Balaban J connectivity index is 1.47. The smallest absolute Gasteiger partial charge is 0.224 e. The van der Waals surface area contributed by atoms with Gasteiger partial charge in [0.2, 0.25) is 5.91 Å². The maximum Gasteiger partial charge on any atom is 0.224 e. The van der Waals surface area contributed by atoms with Gasteiger partial charge >= 0.3 is 0 Å². The first-order valence-corrected chi connectivity index (χ1v) is 10.8. The van der Waals surface area contributed by atoms with Crippen molar-refractivity contribution < 1.29 is 13.9 Å². The number of carbonyl (C=O) groups is 1. The molecule has 0 spiro atoms. The first kappa shape index (κ1) is 20.8. The fourth-order valence-corrected chi connectivity index (χ4v) is 4.42. The number of carbonyl (C=O) groups excluding carboxylic acids is 1. The summed E-state index contributed by atoms with van der Waals surface area (Å²) >= 11 is 0. The predicted molar refractivity (Wildman–Crippen MR) is 116 cm³/mol. The Morgan fingerprint density at radius 1 is 1.13 bits per heavy atom. The minimum atomic E-state index is -0.287. The number of amides is 1. The van der Waals surface area contributed by atoms with Gasteiger partial charge in [0.05, 0.1) is 25.7 Å². The van der Waals surface area contributed by atoms with E-state index in [1.54, 1.807) is 12.1 Å². The summed E-state index contributed by atoms with van der Waals surface area (Å²) in [6.07, 6.45) is 2.52. The zero-order chi connectivity index (χ0) is 20.9. The molecule has 30 heavy (non-hydrogen) atoms. The number of ether oxygens (including phenoxy) is 1. The van der Waals surface area contributed by atoms with Gasteiger partial charge in [0.25, 0.3) is 0 Å². The molecule has 160 valence electrons. The van der Waals surface area contributed by atoms with Gasteiger partial charge in [-0.25, -0.2) is 4.39 Å². The lowest BCUT2D eigenvalue weighted by molar-refractivity contribution is -0.120. The van der Waals surface area contributed by atoms with Crippen LogP contribution in [-0.4, -0.2) is 57.2 Å². The zero-order valence-electron chi connectivity index (χ0n) is 17.6. The van der Waals surface area contributed by atoms with Crippen molar-refractivity contribution in [2.45, 2.75) is 25.3 Å². The SMILES string of the molecule is CN1CCCc2cc(C(CNC(=O)Cc3ccc(F)cc3)N3CCOCC3)ccc21. The van der Waals surface area contributed by atoms with E-state index in [2.05, 4.69) is 40.4 Å². The second-order valence-electron chi connectivity index (χ2n) is 8.18. The van der Waals surface area contributed by atoms with Crippen molar-refractivity contribution in [2.24, 2.45) is 0 Å². The Labute approximate surface area is 177 Å². The van der Waals surface area contributed by atoms with Gasteiger partial charge in [0, 0.05) is 38.9 Å². The van der Waals surface area contributed by atoms with E-state index < -0.39 is 0 Å². The van der Waals surface area contributed by atoms with Crippen LogP contribution in [0.2, 0.25) is 0 Å². The van der Waals surface area contributed by atoms with Crippen molar-refractivity contribution in [2.75, 3.05) is 51.3 Å². The summed E-state index contributed by atoms with van der Waals surface area (Å²) in [7, 11) is 2.15. The van der Waals surface area contributed by atoms with Crippen LogP contribution in [0.25, 0.3) is 0 Å². The lowest BCUT2D eigenvalue weighted by Crippen LogP contribution is -2.44. The Bertz CT molecular complexity index is 865.